The molecule has 0 aliphatic heterocycles. The molecule has 27 heavy (non-hydrogen) atoms. The molecule has 0 radical (unpaired) electrons. The minimum Gasteiger partial charge on any atom is -0.337 e. The number of anilines is 1. The van der Waals surface area contributed by atoms with Gasteiger partial charge >= 0.3 is 0 Å². The summed E-state index contributed by atoms with van der Waals surface area (Å²) in [6.07, 6.45) is 0.315. The fourth-order valence-electron chi connectivity index (χ4n) is 2.36. The van der Waals surface area contributed by atoms with Crippen molar-refractivity contribution in [3.63, 3.8) is 0 Å². The van der Waals surface area contributed by atoms with E-state index >= 15 is 0 Å². The average molecular weight is 382 g/mol. The summed E-state index contributed by atoms with van der Waals surface area (Å²) < 4.78 is 27.3. The zero-order valence-corrected chi connectivity index (χ0v) is 15.3. The van der Waals surface area contributed by atoms with Crippen LogP contribution in [-0.4, -0.2) is 32.3 Å². The van der Waals surface area contributed by atoms with Crippen LogP contribution in [0.15, 0.2) is 59.5 Å². The second-order valence-corrected chi connectivity index (χ2v) is 7.29. The van der Waals surface area contributed by atoms with Crippen molar-refractivity contribution in [1.82, 2.24) is 4.90 Å². The molecule has 0 atom stereocenters. The lowest BCUT2D eigenvalue weighted by molar-refractivity contribution is 0.0762. The van der Waals surface area contributed by atoms with Gasteiger partial charge in [-0.25, -0.2) is 8.42 Å². The quantitative estimate of drug-likeness (QED) is 0.754. The Kier molecular flexibility index (Phi) is 6.93. The zero-order chi connectivity index (χ0) is 19.7. The van der Waals surface area contributed by atoms with E-state index in [1.807, 2.05) is 12.1 Å². The topological polar surface area (TPSA) is 114 Å². The molecule has 0 unspecified atom stereocenters. The molecule has 0 saturated heterocycles. The number of nitrogens with zero attached hydrogens (tertiary/aromatic N) is 3. The fourth-order valence-corrected chi connectivity index (χ4v) is 3.42. The molecule has 138 valence electrons. The van der Waals surface area contributed by atoms with E-state index in [1.165, 1.54) is 29.2 Å². The van der Waals surface area contributed by atoms with E-state index in [4.69, 9.17) is 10.5 Å². The summed E-state index contributed by atoms with van der Waals surface area (Å²) >= 11 is 0. The number of carbonyl (C=O) groups excluding carboxylic acids is 1. The minimum absolute atomic E-state index is 0.0310. The first-order valence-corrected chi connectivity index (χ1v) is 9.67. The SMILES string of the molecule is N#CCCN(CCC#N)C(=O)c1ccc(S(=O)(=O)Nc2ccccc2)cc1. The van der Waals surface area contributed by atoms with Gasteiger partial charge in [-0.05, 0) is 36.4 Å². The molecule has 0 heterocycles. The Labute approximate surface area is 158 Å². The molecule has 7 nitrogen and oxygen atoms in total. The van der Waals surface area contributed by atoms with Crippen LogP contribution in [0.4, 0.5) is 5.69 Å². The van der Waals surface area contributed by atoms with Gasteiger partial charge in [0, 0.05) is 24.3 Å². The number of para-hydroxylation sites is 1. The monoisotopic (exact) mass is 382 g/mol. The molecule has 0 aromatic heterocycles. The number of sulfonamides is 1. The standard InChI is InChI=1S/C19H18N4O3S/c20-12-4-14-23(15-5-13-21)19(24)16-8-10-18(11-9-16)27(25,26)22-17-6-2-1-3-7-17/h1-3,6-11,22H,4-5,14-15H2. The molecule has 1 N–H and O–H groups in total. The van der Waals surface area contributed by atoms with Crippen molar-refractivity contribution >= 4 is 21.6 Å². The highest BCUT2D eigenvalue weighted by Crippen LogP contribution is 2.17. The summed E-state index contributed by atoms with van der Waals surface area (Å²) in [5, 5.41) is 17.4. The van der Waals surface area contributed by atoms with Crippen LogP contribution >= 0.6 is 0 Å². The van der Waals surface area contributed by atoms with Crippen LogP contribution in [-0.2, 0) is 10.0 Å². The summed E-state index contributed by atoms with van der Waals surface area (Å²) in [6, 6.07) is 18.0. The first-order valence-electron chi connectivity index (χ1n) is 8.19. The van der Waals surface area contributed by atoms with E-state index in [0.717, 1.165) is 0 Å². The molecule has 0 fully saturated rings. The summed E-state index contributed by atoms with van der Waals surface area (Å²) in [5.74, 6) is -0.347. The van der Waals surface area contributed by atoms with Crippen LogP contribution in [0.3, 0.4) is 0 Å². The number of nitrogens with one attached hydrogen (secondary N) is 1. The third kappa shape index (κ3) is 5.56. The van der Waals surface area contributed by atoms with Gasteiger partial charge in [0.1, 0.15) is 0 Å². The average Bonchev–Trinajstić information content (AvgIpc) is 2.68. The first kappa shape index (κ1) is 20.0. The summed E-state index contributed by atoms with van der Waals surface area (Å²) in [7, 11) is -3.77. The van der Waals surface area contributed by atoms with E-state index in [0.29, 0.717) is 11.3 Å². The second-order valence-electron chi connectivity index (χ2n) is 5.60. The maximum Gasteiger partial charge on any atom is 0.261 e. The van der Waals surface area contributed by atoms with Crippen LogP contribution in [0.5, 0.6) is 0 Å². The molecule has 2 aromatic carbocycles. The Morgan fingerprint density at radius 1 is 0.926 bits per heavy atom. The van der Waals surface area contributed by atoms with Crippen molar-refractivity contribution in [1.29, 1.82) is 10.5 Å². The third-order valence-corrected chi connectivity index (χ3v) is 5.11. The Balaban J connectivity index is 2.16. The highest BCUT2D eigenvalue weighted by atomic mass is 32.2. The van der Waals surface area contributed by atoms with Crippen molar-refractivity contribution in [2.24, 2.45) is 0 Å². The summed E-state index contributed by atoms with van der Waals surface area (Å²) in [5.41, 5.74) is 0.737. The highest BCUT2D eigenvalue weighted by molar-refractivity contribution is 7.92. The highest BCUT2D eigenvalue weighted by Gasteiger charge is 2.18. The van der Waals surface area contributed by atoms with Gasteiger partial charge in [0.2, 0.25) is 0 Å². The lowest BCUT2D eigenvalue weighted by Crippen LogP contribution is -2.32. The van der Waals surface area contributed by atoms with Gasteiger partial charge in [-0.1, -0.05) is 18.2 Å². The normalized spacial score (nSPS) is 10.4. The fraction of sp³-hybridized carbons (Fsp3) is 0.211. The maximum absolute atomic E-state index is 12.6. The molecule has 0 spiro atoms. The minimum atomic E-state index is -3.77. The Bertz CT molecular complexity index is 941. The lowest BCUT2D eigenvalue weighted by atomic mass is 10.2. The zero-order valence-electron chi connectivity index (χ0n) is 14.5. The van der Waals surface area contributed by atoms with Crippen molar-refractivity contribution in [3.05, 3.63) is 60.2 Å². The van der Waals surface area contributed by atoms with E-state index in [-0.39, 0.29) is 36.7 Å². The predicted octanol–water partition coefficient (Wildman–Crippen LogP) is 2.76. The van der Waals surface area contributed by atoms with Gasteiger partial charge in [0.25, 0.3) is 15.9 Å². The number of carbonyl (C=O) groups is 1. The van der Waals surface area contributed by atoms with Crippen molar-refractivity contribution < 1.29 is 13.2 Å². The number of benzene rings is 2. The summed E-state index contributed by atoms with van der Waals surface area (Å²) in [4.78, 5) is 14.0. The van der Waals surface area contributed by atoms with E-state index < -0.39 is 10.0 Å². The molecule has 0 aliphatic carbocycles. The second kappa shape index (κ2) is 9.37. The molecule has 1 amide bonds. The van der Waals surface area contributed by atoms with Gasteiger partial charge in [-0.2, -0.15) is 10.5 Å². The van der Waals surface area contributed by atoms with Crippen LogP contribution in [0.25, 0.3) is 0 Å². The van der Waals surface area contributed by atoms with Gasteiger partial charge in [0.15, 0.2) is 0 Å². The first-order chi connectivity index (χ1) is 13.0. The molecular formula is C19H18N4O3S. The largest absolute Gasteiger partial charge is 0.337 e. The predicted molar refractivity (Wildman–Crippen MR) is 100 cm³/mol. The molecular weight excluding hydrogens is 364 g/mol. The van der Waals surface area contributed by atoms with Gasteiger partial charge < -0.3 is 4.90 Å². The number of rotatable bonds is 8. The van der Waals surface area contributed by atoms with Crippen molar-refractivity contribution in [3.8, 4) is 12.1 Å². The van der Waals surface area contributed by atoms with E-state index in [2.05, 4.69) is 4.72 Å². The molecule has 8 heteroatoms. The smallest absolute Gasteiger partial charge is 0.261 e. The van der Waals surface area contributed by atoms with E-state index in [1.54, 1.807) is 30.3 Å². The number of hydrogen-bond acceptors (Lipinski definition) is 5. The van der Waals surface area contributed by atoms with Gasteiger partial charge in [0.05, 0.1) is 29.9 Å². The molecule has 0 aliphatic rings. The molecule has 0 saturated carbocycles. The Morgan fingerprint density at radius 2 is 1.48 bits per heavy atom. The number of nitriles is 2. The van der Waals surface area contributed by atoms with Crippen LogP contribution < -0.4 is 4.72 Å². The van der Waals surface area contributed by atoms with Crippen LogP contribution in [0.2, 0.25) is 0 Å². The number of amides is 1. The van der Waals surface area contributed by atoms with Crippen LogP contribution in [0.1, 0.15) is 23.2 Å². The summed E-state index contributed by atoms with van der Waals surface area (Å²) in [6.45, 7) is 0.430. The molecule has 2 aromatic rings. The Hall–Kier alpha value is -3.36. The van der Waals surface area contributed by atoms with Crippen molar-refractivity contribution in [2.45, 2.75) is 17.7 Å². The van der Waals surface area contributed by atoms with E-state index in [9.17, 15) is 13.2 Å². The molecule has 2 rings (SSSR count). The maximum atomic E-state index is 12.6. The lowest BCUT2D eigenvalue weighted by Gasteiger charge is -2.20. The van der Waals surface area contributed by atoms with Gasteiger partial charge in [-0.15, -0.1) is 0 Å². The number of hydrogen-bond donors (Lipinski definition) is 1. The van der Waals surface area contributed by atoms with Crippen molar-refractivity contribution in [2.75, 3.05) is 17.8 Å². The Morgan fingerprint density at radius 3 is 2.00 bits per heavy atom. The van der Waals surface area contributed by atoms with Gasteiger partial charge in [-0.3, -0.25) is 9.52 Å². The van der Waals surface area contributed by atoms with Crippen LogP contribution in [0, 0.1) is 22.7 Å². The molecule has 0 bridgehead atoms. The third-order valence-electron chi connectivity index (χ3n) is 3.71.